The summed E-state index contributed by atoms with van der Waals surface area (Å²) in [4.78, 5) is 10.7. The second-order valence-electron chi connectivity index (χ2n) is 7.37. The molecule has 2 N–H and O–H groups in total. The van der Waals surface area contributed by atoms with Crippen LogP contribution in [0.5, 0.6) is 5.75 Å². The number of carbonyl (C=O) groups is 1. The number of nitrogens with zero attached hydrogens (tertiary/aromatic N) is 1. The molecule has 2 bridgehead atoms. The third-order valence-electron chi connectivity index (χ3n) is 6.06. The molecule has 1 aromatic rings. The summed E-state index contributed by atoms with van der Waals surface area (Å²) < 4.78 is 55.4. The highest BCUT2D eigenvalue weighted by Crippen LogP contribution is 2.55. The fraction of sp³-hybridized carbons (Fsp3) is 0.632. The molecular weight excluding hydrogens is 347 g/mol. The minimum atomic E-state index is -5.08. The van der Waals surface area contributed by atoms with Gasteiger partial charge >= 0.3 is 12.1 Å². The van der Waals surface area contributed by atoms with Crippen LogP contribution in [-0.2, 0) is 16.6 Å². The number of carboxylic acid groups (broad SMARTS) is 1. The van der Waals surface area contributed by atoms with Crippen molar-refractivity contribution in [2.75, 3.05) is 13.5 Å². The van der Waals surface area contributed by atoms with Crippen LogP contribution in [-0.4, -0.2) is 46.8 Å². The van der Waals surface area contributed by atoms with E-state index in [0.29, 0.717) is 18.2 Å². The van der Waals surface area contributed by atoms with Gasteiger partial charge < -0.3 is 15.1 Å². The van der Waals surface area contributed by atoms with E-state index in [1.165, 1.54) is 24.0 Å². The minimum absolute atomic E-state index is 0.0942. The largest absolute Gasteiger partial charge is 0.508 e. The number of fused-ring (bicyclic) bond motifs is 1. The standard InChI is InChI=1S/C17H23NO.C2HF3O2/c1-18-9-8-17-7-3-2-4-14(17)16(18)10-12-5-6-13(19)11-15(12)17;3-2(4,5)1(6)7/h5-6,11,14,16,19H,2-4,7-10H2,1H3;(H,6,7)/i1D3;. The van der Waals surface area contributed by atoms with Crippen molar-refractivity contribution in [2.45, 2.75) is 56.2 Å². The van der Waals surface area contributed by atoms with Gasteiger partial charge in [-0.05, 0) is 68.4 Å². The first-order valence-electron chi connectivity index (χ1n) is 10.3. The lowest BCUT2D eigenvalue weighted by Gasteiger charge is -2.58. The van der Waals surface area contributed by atoms with Crippen molar-refractivity contribution in [3.8, 4) is 5.75 Å². The van der Waals surface area contributed by atoms with Gasteiger partial charge in [-0.2, -0.15) is 13.2 Å². The first kappa shape index (κ1) is 15.3. The topological polar surface area (TPSA) is 60.8 Å². The molecule has 3 atom stereocenters. The zero-order valence-electron chi connectivity index (χ0n) is 17.2. The zero-order valence-corrected chi connectivity index (χ0v) is 14.2. The quantitative estimate of drug-likeness (QED) is 0.727. The maximum atomic E-state index is 10.6. The SMILES string of the molecule is O=C(O)C(F)(F)F.[2H]C([2H])([2H])N1CCC23CCCCC2C1Cc1ccc(O)cc13. The molecule has 1 heterocycles. The average Bonchev–Trinajstić information content (AvgIpc) is 2.61. The first-order chi connectivity index (χ1) is 13.4. The van der Waals surface area contributed by atoms with Crippen LogP contribution in [0.15, 0.2) is 18.2 Å². The predicted molar refractivity (Wildman–Crippen MR) is 90.2 cm³/mol. The van der Waals surface area contributed by atoms with Gasteiger partial charge in [0.05, 0.1) is 0 Å². The Morgan fingerprint density at radius 3 is 2.73 bits per heavy atom. The summed E-state index contributed by atoms with van der Waals surface area (Å²) >= 11 is 0. The molecule has 2 fully saturated rings. The van der Waals surface area contributed by atoms with Gasteiger partial charge in [0, 0.05) is 15.6 Å². The molecule has 0 amide bonds. The molecule has 1 saturated heterocycles. The van der Waals surface area contributed by atoms with Gasteiger partial charge in [0.2, 0.25) is 0 Å². The molecule has 1 saturated carbocycles. The van der Waals surface area contributed by atoms with E-state index < -0.39 is 19.1 Å². The van der Waals surface area contributed by atoms with Gasteiger partial charge in [0.25, 0.3) is 0 Å². The predicted octanol–water partition coefficient (Wildman–Crippen LogP) is 3.71. The number of phenolic OH excluding ortho intramolecular Hbond substituents is 1. The van der Waals surface area contributed by atoms with E-state index in [0.717, 1.165) is 25.7 Å². The normalized spacial score (nSPS) is 32.7. The molecule has 0 spiro atoms. The van der Waals surface area contributed by atoms with Crippen LogP contribution in [0.1, 0.15) is 47.3 Å². The van der Waals surface area contributed by atoms with Gasteiger partial charge in [0.1, 0.15) is 5.75 Å². The Morgan fingerprint density at radius 1 is 1.35 bits per heavy atom. The van der Waals surface area contributed by atoms with Gasteiger partial charge in [-0.3, -0.25) is 0 Å². The molecule has 2 aliphatic carbocycles. The molecule has 3 unspecified atom stereocenters. The van der Waals surface area contributed by atoms with E-state index in [1.54, 1.807) is 11.0 Å². The number of phenols is 1. The van der Waals surface area contributed by atoms with Crippen molar-refractivity contribution >= 4 is 5.97 Å². The van der Waals surface area contributed by atoms with Crippen LogP contribution >= 0.6 is 0 Å². The number of likely N-dealkylation sites (tertiary alicyclic amines) is 1. The van der Waals surface area contributed by atoms with Crippen molar-refractivity contribution in [3.63, 3.8) is 0 Å². The molecule has 0 radical (unpaired) electrons. The minimum Gasteiger partial charge on any atom is -0.508 e. The summed E-state index contributed by atoms with van der Waals surface area (Å²) in [6.45, 7) is -1.35. The van der Waals surface area contributed by atoms with Gasteiger partial charge in [-0.1, -0.05) is 18.9 Å². The summed E-state index contributed by atoms with van der Waals surface area (Å²) in [7, 11) is 0. The Balaban J connectivity index is 0.000000298. The number of alkyl halides is 3. The second kappa shape index (κ2) is 6.76. The number of likely N-dealkylation sites (N-methyl/N-ethyl adjacent to an activating group) is 1. The third-order valence-corrected chi connectivity index (χ3v) is 6.06. The van der Waals surface area contributed by atoms with E-state index in [1.807, 2.05) is 12.1 Å². The fourth-order valence-electron chi connectivity index (χ4n) is 4.99. The molecular formula is C19H24F3NO3. The van der Waals surface area contributed by atoms with Gasteiger partial charge in [-0.15, -0.1) is 0 Å². The van der Waals surface area contributed by atoms with Crippen molar-refractivity contribution < 1.29 is 32.3 Å². The van der Waals surface area contributed by atoms with Crippen LogP contribution < -0.4 is 0 Å². The molecule has 1 aliphatic heterocycles. The Kier molecular flexibility index (Phi) is 3.98. The lowest BCUT2D eigenvalue weighted by molar-refractivity contribution is -0.192. The monoisotopic (exact) mass is 374 g/mol. The van der Waals surface area contributed by atoms with Crippen LogP contribution in [0.4, 0.5) is 13.2 Å². The van der Waals surface area contributed by atoms with Crippen molar-refractivity contribution in [1.82, 2.24) is 4.90 Å². The Morgan fingerprint density at radius 2 is 2.08 bits per heavy atom. The molecule has 3 aliphatic rings. The van der Waals surface area contributed by atoms with Crippen molar-refractivity contribution in [1.29, 1.82) is 0 Å². The molecule has 26 heavy (non-hydrogen) atoms. The summed E-state index contributed by atoms with van der Waals surface area (Å²) in [5, 5.41) is 17.1. The van der Waals surface area contributed by atoms with Crippen LogP contribution in [0, 0.1) is 5.92 Å². The molecule has 4 nitrogen and oxygen atoms in total. The van der Waals surface area contributed by atoms with Crippen molar-refractivity contribution in [3.05, 3.63) is 29.3 Å². The number of aliphatic carboxylic acids is 1. The maximum absolute atomic E-state index is 10.6. The number of halogens is 3. The van der Waals surface area contributed by atoms with Gasteiger partial charge in [0.15, 0.2) is 0 Å². The molecule has 7 heteroatoms. The Bertz CT molecular complexity index is 784. The van der Waals surface area contributed by atoms with Crippen LogP contribution in [0.3, 0.4) is 0 Å². The van der Waals surface area contributed by atoms with E-state index in [9.17, 15) is 18.3 Å². The highest BCUT2D eigenvalue weighted by molar-refractivity contribution is 5.73. The first-order valence-corrected chi connectivity index (χ1v) is 8.75. The zero-order chi connectivity index (χ0) is 21.6. The third kappa shape index (κ3) is 3.29. The van der Waals surface area contributed by atoms with E-state index in [4.69, 9.17) is 14.0 Å². The number of aromatic hydroxyl groups is 1. The number of carboxylic acids is 1. The Labute approximate surface area is 154 Å². The number of hydrogen-bond donors (Lipinski definition) is 2. The van der Waals surface area contributed by atoms with E-state index in [-0.39, 0.29) is 11.5 Å². The van der Waals surface area contributed by atoms with Crippen molar-refractivity contribution in [2.24, 2.45) is 5.92 Å². The van der Waals surface area contributed by atoms with Gasteiger partial charge in [-0.25, -0.2) is 4.79 Å². The highest BCUT2D eigenvalue weighted by Gasteiger charge is 2.53. The average molecular weight is 374 g/mol. The Hall–Kier alpha value is -1.76. The number of hydrogen-bond acceptors (Lipinski definition) is 3. The smallest absolute Gasteiger partial charge is 0.490 e. The molecule has 144 valence electrons. The number of rotatable bonds is 0. The summed E-state index contributed by atoms with van der Waals surface area (Å²) in [5.74, 6) is -1.99. The second-order valence-corrected chi connectivity index (χ2v) is 7.37. The summed E-state index contributed by atoms with van der Waals surface area (Å²) in [6.07, 6.45) is 1.30. The van der Waals surface area contributed by atoms with E-state index in [2.05, 4.69) is 0 Å². The highest BCUT2D eigenvalue weighted by atomic mass is 19.4. The summed E-state index contributed by atoms with van der Waals surface area (Å²) in [6, 6.07) is 5.83. The van der Waals surface area contributed by atoms with E-state index >= 15 is 0 Å². The lowest BCUT2D eigenvalue weighted by atomic mass is 9.52. The van der Waals surface area contributed by atoms with Crippen LogP contribution in [0.2, 0.25) is 0 Å². The summed E-state index contributed by atoms with van der Waals surface area (Å²) in [5.41, 5.74) is 2.64. The van der Waals surface area contributed by atoms with Crippen LogP contribution in [0.25, 0.3) is 0 Å². The number of benzene rings is 1. The maximum Gasteiger partial charge on any atom is 0.490 e. The number of piperidine rings is 1. The molecule has 4 rings (SSSR count). The lowest BCUT2D eigenvalue weighted by Crippen LogP contribution is -2.59. The fourth-order valence-corrected chi connectivity index (χ4v) is 4.99. The molecule has 1 aromatic carbocycles. The molecule has 0 aromatic heterocycles.